The first-order chi connectivity index (χ1) is 11.8. The Kier molecular flexibility index (Phi) is 4.46. The van der Waals surface area contributed by atoms with Crippen molar-refractivity contribution in [2.45, 2.75) is 46.6 Å². The van der Waals surface area contributed by atoms with Crippen LogP contribution in [0.4, 0.5) is 0 Å². The molecule has 0 unspecified atom stereocenters. The summed E-state index contributed by atoms with van der Waals surface area (Å²) >= 11 is 0. The van der Waals surface area contributed by atoms with E-state index in [-0.39, 0.29) is 24.8 Å². The molecule has 1 aliphatic heterocycles. The van der Waals surface area contributed by atoms with Gasteiger partial charge < -0.3 is 14.2 Å². The van der Waals surface area contributed by atoms with Crippen molar-refractivity contribution in [1.82, 2.24) is 0 Å². The van der Waals surface area contributed by atoms with Crippen molar-refractivity contribution in [3.8, 4) is 11.5 Å². The molecule has 1 heterocycles. The summed E-state index contributed by atoms with van der Waals surface area (Å²) < 4.78 is 16.1. The van der Waals surface area contributed by atoms with Crippen LogP contribution in [0, 0.1) is 13.8 Å². The van der Waals surface area contributed by atoms with Gasteiger partial charge in [-0.2, -0.15) is 0 Å². The van der Waals surface area contributed by atoms with Crippen molar-refractivity contribution in [1.29, 1.82) is 0 Å². The van der Waals surface area contributed by atoms with E-state index in [1.165, 1.54) is 5.56 Å². The molecule has 0 amide bonds. The van der Waals surface area contributed by atoms with E-state index in [9.17, 15) is 4.79 Å². The van der Waals surface area contributed by atoms with Crippen LogP contribution in [0.1, 0.15) is 53.4 Å². The maximum absolute atomic E-state index is 12.3. The average molecular weight is 340 g/mol. The van der Waals surface area contributed by atoms with E-state index in [1.807, 2.05) is 0 Å². The Morgan fingerprint density at radius 1 is 1.04 bits per heavy atom. The van der Waals surface area contributed by atoms with Gasteiger partial charge in [0, 0.05) is 0 Å². The fourth-order valence-electron chi connectivity index (χ4n) is 2.90. The topological polar surface area (TPSA) is 44.8 Å². The summed E-state index contributed by atoms with van der Waals surface area (Å²) in [6, 6.07) is 9.44. The number of esters is 1. The summed E-state index contributed by atoms with van der Waals surface area (Å²) in [5.74, 6) is 0.870. The fraction of sp³-hybridized carbons (Fsp3) is 0.381. The van der Waals surface area contributed by atoms with Gasteiger partial charge in [-0.15, -0.1) is 0 Å². The predicted octanol–water partition coefficient (Wildman–Crippen LogP) is 4.69. The van der Waals surface area contributed by atoms with E-state index >= 15 is 0 Å². The molecular formula is C21H24O4. The number of ether oxygens (including phenoxy) is 3. The highest BCUT2D eigenvalue weighted by Gasteiger charge is 2.19. The summed E-state index contributed by atoms with van der Waals surface area (Å²) in [5, 5.41) is 0. The molecule has 4 nitrogen and oxygen atoms in total. The number of fused-ring (bicyclic) bond motifs is 1. The zero-order chi connectivity index (χ0) is 18.2. The molecule has 2 aromatic carbocycles. The smallest absolute Gasteiger partial charge is 0.338 e. The van der Waals surface area contributed by atoms with Crippen LogP contribution in [0.15, 0.2) is 30.3 Å². The lowest BCUT2D eigenvalue weighted by Gasteiger charge is -2.22. The molecule has 0 saturated carbocycles. The van der Waals surface area contributed by atoms with E-state index in [4.69, 9.17) is 14.2 Å². The number of hydrogen-bond donors (Lipinski definition) is 0. The van der Waals surface area contributed by atoms with Crippen molar-refractivity contribution in [3.63, 3.8) is 0 Å². The van der Waals surface area contributed by atoms with Gasteiger partial charge in [0.05, 0.1) is 5.56 Å². The highest BCUT2D eigenvalue weighted by Crippen LogP contribution is 2.33. The molecule has 4 heteroatoms. The molecule has 0 radical (unpaired) electrons. The van der Waals surface area contributed by atoms with E-state index < -0.39 is 0 Å². The van der Waals surface area contributed by atoms with Crippen LogP contribution in [0.2, 0.25) is 0 Å². The molecule has 2 aromatic rings. The van der Waals surface area contributed by atoms with Gasteiger partial charge in [0.2, 0.25) is 6.79 Å². The molecule has 0 saturated heterocycles. The highest BCUT2D eigenvalue weighted by atomic mass is 16.7. The summed E-state index contributed by atoms with van der Waals surface area (Å²) in [6.07, 6.45) is 0. The number of hydrogen-bond acceptors (Lipinski definition) is 4. The lowest BCUT2D eigenvalue weighted by molar-refractivity contribution is 0.0471. The minimum absolute atomic E-state index is 0.0945. The second kappa shape index (κ2) is 6.43. The molecule has 0 N–H and O–H groups in total. The maximum Gasteiger partial charge on any atom is 0.338 e. The standard InChI is InChI=1S/C21H24O4/c1-13-8-16(21(3,4)5)9-14(2)17(13)11-23-20(22)15-6-7-18-19(10-15)25-12-24-18/h6-10H,11-12H2,1-5H3. The number of carbonyl (C=O) groups is 1. The molecule has 0 fully saturated rings. The third-order valence-electron chi connectivity index (χ3n) is 4.52. The quantitative estimate of drug-likeness (QED) is 0.761. The van der Waals surface area contributed by atoms with Gasteiger partial charge in [-0.25, -0.2) is 4.79 Å². The lowest BCUT2D eigenvalue weighted by Crippen LogP contribution is -2.13. The first-order valence-electron chi connectivity index (χ1n) is 8.43. The van der Waals surface area contributed by atoms with Crippen LogP contribution in [0.5, 0.6) is 11.5 Å². The Labute approximate surface area is 148 Å². The van der Waals surface area contributed by atoms with Gasteiger partial charge in [0.1, 0.15) is 6.61 Å². The largest absolute Gasteiger partial charge is 0.457 e. The van der Waals surface area contributed by atoms with Crippen molar-refractivity contribution in [3.05, 3.63) is 58.1 Å². The molecule has 0 aromatic heterocycles. The minimum atomic E-state index is -0.364. The van der Waals surface area contributed by atoms with Crippen LogP contribution < -0.4 is 9.47 Å². The summed E-state index contributed by atoms with van der Waals surface area (Å²) in [5.41, 5.74) is 5.19. The molecule has 0 aliphatic carbocycles. The Bertz CT molecular complexity index is 792. The molecule has 0 spiro atoms. The number of rotatable bonds is 3. The van der Waals surface area contributed by atoms with E-state index in [0.29, 0.717) is 17.1 Å². The fourth-order valence-corrected chi connectivity index (χ4v) is 2.90. The van der Waals surface area contributed by atoms with E-state index in [0.717, 1.165) is 16.7 Å². The minimum Gasteiger partial charge on any atom is -0.457 e. The van der Waals surface area contributed by atoms with Crippen LogP contribution in [0.3, 0.4) is 0 Å². The van der Waals surface area contributed by atoms with Gasteiger partial charge in [-0.1, -0.05) is 32.9 Å². The Hall–Kier alpha value is -2.49. The van der Waals surface area contributed by atoms with Gasteiger partial charge in [0.25, 0.3) is 0 Å². The number of aryl methyl sites for hydroxylation is 2. The normalized spacial score (nSPS) is 13.0. The summed E-state index contributed by atoms with van der Waals surface area (Å²) in [6.45, 7) is 11.2. The third-order valence-corrected chi connectivity index (χ3v) is 4.52. The zero-order valence-corrected chi connectivity index (χ0v) is 15.4. The van der Waals surface area contributed by atoms with Crippen molar-refractivity contribution < 1.29 is 19.0 Å². The Morgan fingerprint density at radius 3 is 2.32 bits per heavy atom. The third kappa shape index (κ3) is 3.63. The van der Waals surface area contributed by atoms with Crippen LogP contribution in [0.25, 0.3) is 0 Å². The molecule has 1 aliphatic rings. The number of benzene rings is 2. The second-order valence-electron chi connectivity index (χ2n) is 7.48. The molecule has 3 rings (SSSR count). The van der Waals surface area contributed by atoms with Crippen molar-refractivity contribution in [2.24, 2.45) is 0 Å². The van der Waals surface area contributed by atoms with E-state index in [1.54, 1.807) is 18.2 Å². The van der Waals surface area contributed by atoms with Gasteiger partial charge in [0.15, 0.2) is 11.5 Å². The van der Waals surface area contributed by atoms with Crippen molar-refractivity contribution in [2.75, 3.05) is 6.79 Å². The molecule has 0 bridgehead atoms. The predicted molar refractivity (Wildman–Crippen MR) is 96.3 cm³/mol. The SMILES string of the molecule is Cc1cc(C(C)(C)C)cc(C)c1COC(=O)c1ccc2c(c1)OCO2. The Balaban J connectivity index is 1.74. The molecule has 0 atom stereocenters. The second-order valence-corrected chi connectivity index (χ2v) is 7.48. The summed E-state index contributed by atoms with van der Waals surface area (Å²) in [7, 11) is 0. The van der Waals surface area contributed by atoms with Gasteiger partial charge in [-0.3, -0.25) is 0 Å². The maximum atomic E-state index is 12.3. The first-order valence-corrected chi connectivity index (χ1v) is 8.43. The number of carbonyl (C=O) groups excluding carboxylic acids is 1. The Morgan fingerprint density at radius 2 is 1.68 bits per heavy atom. The monoisotopic (exact) mass is 340 g/mol. The van der Waals surface area contributed by atoms with Crippen LogP contribution >= 0.6 is 0 Å². The van der Waals surface area contributed by atoms with Crippen LogP contribution in [-0.4, -0.2) is 12.8 Å². The molecule has 25 heavy (non-hydrogen) atoms. The van der Waals surface area contributed by atoms with E-state index in [2.05, 4.69) is 46.8 Å². The molecule has 132 valence electrons. The first kappa shape index (κ1) is 17.3. The van der Waals surface area contributed by atoms with Gasteiger partial charge in [-0.05, 0) is 59.7 Å². The average Bonchev–Trinajstić information content (AvgIpc) is 3.00. The van der Waals surface area contributed by atoms with Crippen LogP contribution in [-0.2, 0) is 16.8 Å². The van der Waals surface area contributed by atoms with Crippen molar-refractivity contribution >= 4 is 5.97 Å². The highest BCUT2D eigenvalue weighted by molar-refractivity contribution is 5.90. The lowest BCUT2D eigenvalue weighted by atomic mass is 9.84. The zero-order valence-electron chi connectivity index (χ0n) is 15.4. The molecular weight excluding hydrogens is 316 g/mol. The van der Waals surface area contributed by atoms with Gasteiger partial charge >= 0.3 is 5.97 Å². The summed E-state index contributed by atoms with van der Waals surface area (Å²) in [4.78, 5) is 12.3.